The van der Waals surface area contributed by atoms with E-state index in [0.717, 1.165) is 5.69 Å². The number of hydrogen-bond acceptors (Lipinski definition) is 5. The topological polar surface area (TPSA) is 72.7 Å². The van der Waals surface area contributed by atoms with Gasteiger partial charge in [0.15, 0.2) is 11.4 Å². The first-order chi connectivity index (χ1) is 11.2. The Balaban J connectivity index is 0.00000208. The Kier molecular flexibility index (Phi) is 5.31. The molecule has 3 rings (SSSR count). The van der Waals surface area contributed by atoms with Crippen molar-refractivity contribution in [3.63, 3.8) is 0 Å². The van der Waals surface area contributed by atoms with Crippen LogP contribution in [0.2, 0.25) is 0 Å². The molecule has 0 fully saturated rings. The summed E-state index contributed by atoms with van der Waals surface area (Å²) >= 11 is 0. The Hall–Kier alpha value is -3.15. The van der Waals surface area contributed by atoms with Gasteiger partial charge in [0.2, 0.25) is 0 Å². The number of carbonyl (C=O) groups excluding carboxylic acids is 1. The molecule has 0 amide bonds. The highest BCUT2D eigenvalue weighted by molar-refractivity contribution is 5.95. The highest BCUT2D eigenvalue weighted by Crippen LogP contribution is 2.18. The van der Waals surface area contributed by atoms with Crippen LogP contribution in [0.25, 0.3) is 5.65 Å². The molecule has 24 heavy (non-hydrogen) atoms. The number of para-hydroxylation sites is 1. The number of esters is 1. The molecule has 0 bridgehead atoms. The summed E-state index contributed by atoms with van der Waals surface area (Å²) in [5.74, 6) is -0.507. The number of nitrogens with one attached hydrogen (secondary N) is 1. The summed E-state index contributed by atoms with van der Waals surface area (Å²) in [6.45, 7) is 1.87. The van der Waals surface area contributed by atoms with Crippen LogP contribution in [0.1, 0.15) is 24.7 Å². The zero-order valence-electron chi connectivity index (χ0n) is 12.5. The molecule has 6 nitrogen and oxygen atoms in total. The lowest BCUT2D eigenvalue weighted by Crippen LogP contribution is -2.26. The second kappa shape index (κ2) is 7.41. The summed E-state index contributed by atoms with van der Waals surface area (Å²) < 4.78 is 6.33. The van der Waals surface area contributed by atoms with Crippen molar-refractivity contribution in [1.82, 2.24) is 9.38 Å². The van der Waals surface area contributed by atoms with E-state index in [1.165, 1.54) is 4.40 Å². The first-order valence-electron chi connectivity index (χ1n) is 7.21. The van der Waals surface area contributed by atoms with Crippen molar-refractivity contribution < 1.29 is 9.53 Å². The maximum Gasteiger partial charge on any atom is 0.347 e. The van der Waals surface area contributed by atoms with Crippen molar-refractivity contribution in [2.45, 2.75) is 14.4 Å². The van der Waals surface area contributed by atoms with Gasteiger partial charge in [-0.1, -0.05) is 31.7 Å². The molecular formula is C18H19N3O3. The molecule has 0 aliphatic carbocycles. The molecule has 0 spiro atoms. The maximum absolute atomic E-state index is 12.6. The lowest BCUT2D eigenvalue weighted by atomic mass is 10.2. The zero-order chi connectivity index (χ0) is 16.2. The highest BCUT2D eigenvalue weighted by atomic mass is 16.5. The molecule has 0 aliphatic heterocycles. The van der Waals surface area contributed by atoms with Gasteiger partial charge in [0.05, 0.1) is 6.61 Å². The van der Waals surface area contributed by atoms with E-state index in [1.54, 1.807) is 31.3 Å². The second-order valence-electron chi connectivity index (χ2n) is 4.78. The average Bonchev–Trinajstić information content (AvgIpc) is 2.56. The first-order valence-corrected chi connectivity index (χ1v) is 7.21. The predicted octanol–water partition coefficient (Wildman–Crippen LogP) is 3.25. The number of rotatable bonds is 4. The number of pyridine rings is 1. The van der Waals surface area contributed by atoms with Gasteiger partial charge < -0.3 is 10.1 Å². The third kappa shape index (κ3) is 3.27. The normalized spacial score (nSPS) is 10.0. The molecule has 0 aliphatic rings. The molecule has 6 heteroatoms. The Morgan fingerprint density at radius 2 is 1.88 bits per heavy atom. The van der Waals surface area contributed by atoms with Crippen molar-refractivity contribution in [3.8, 4) is 0 Å². The Morgan fingerprint density at radius 1 is 1.17 bits per heavy atom. The van der Waals surface area contributed by atoms with Gasteiger partial charge in [-0.3, -0.25) is 9.20 Å². The molecule has 1 N–H and O–H groups in total. The summed E-state index contributed by atoms with van der Waals surface area (Å²) in [4.78, 5) is 29.2. The average molecular weight is 325 g/mol. The summed E-state index contributed by atoms with van der Waals surface area (Å²) in [6, 6.07) is 14.4. The standard InChI is InChI=1S/C17H15N3O3.CH4/c1-2-23-17(22)14-15(18-12-8-4-3-5-9-12)19-13-10-6-7-11-20(13)16(14)21;/h3-11,18H,2H2,1H3;1H4. The van der Waals surface area contributed by atoms with Crippen LogP contribution in [-0.4, -0.2) is 22.0 Å². The van der Waals surface area contributed by atoms with Gasteiger partial charge in [0, 0.05) is 11.9 Å². The van der Waals surface area contributed by atoms with Gasteiger partial charge >= 0.3 is 5.97 Å². The third-order valence-corrected chi connectivity index (χ3v) is 3.25. The highest BCUT2D eigenvalue weighted by Gasteiger charge is 2.21. The number of ether oxygens (including phenoxy) is 1. The van der Waals surface area contributed by atoms with E-state index in [-0.39, 0.29) is 25.4 Å². The number of hydrogen-bond donors (Lipinski definition) is 1. The minimum absolute atomic E-state index is 0. The molecule has 3 aromatic rings. The molecular weight excluding hydrogens is 306 g/mol. The molecule has 0 atom stereocenters. The van der Waals surface area contributed by atoms with Gasteiger partial charge in [-0.2, -0.15) is 0 Å². The zero-order valence-corrected chi connectivity index (χ0v) is 12.5. The van der Waals surface area contributed by atoms with Crippen LogP contribution >= 0.6 is 0 Å². The van der Waals surface area contributed by atoms with Crippen molar-refractivity contribution in [1.29, 1.82) is 0 Å². The van der Waals surface area contributed by atoms with Crippen LogP contribution in [0.4, 0.5) is 11.5 Å². The predicted molar refractivity (Wildman–Crippen MR) is 93.9 cm³/mol. The number of fused-ring (bicyclic) bond motifs is 1. The smallest absolute Gasteiger partial charge is 0.347 e. The van der Waals surface area contributed by atoms with Gasteiger partial charge in [-0.25, -0.2) is 9.78 Å². The van der Waals surface area contributed by atoms with Crippen LogP contribution in [-0.2, 0) is 4.74 Å². The number of aromatic nitrogens is 2. The van der Waals surface area contributed by atoms with E-state index in [0.29, 0.717) is 5.65 Å². The fourth-order valence-corrected chi connectivity index (χ4v) is 2.23. The molecule has 0 saturated heterocycles. The van der Waals surface area contributed by atoms with Gasteiger partial charge in [0.1, 0.15) is 5.65 Å². The lowest BCUT2D eigenvalue weighted by molar-refractivity contribution is 0.0525. The Morgan fingerprint density at radius 3 is 2.58 bits per heavy atom. The quantitative estimate of drug-likeness (QED) is 0.746. The summed E-state index contributed by atoms with van der Waals surface area (Å²) in [5.41, 5.74) is 0.598. The maximum atomic E-state index is 12.6. The number of benzene rings is 1. The van der Waals surface area contributed by atoms with E-state index in [4.69, 9.17) is 4.74 Å². The Bertz CT molecular complexity index is 904. The number of carbonyl (C=O) groups is 1. The SMILES string of the molecule is C.CCOC(=O)c1c(Nc2ccccc2)nc2ccccn2c1=O. The van der Waals surface area contributed by atoms with Crippen molar-refractivity contribution in [2.75, 3.05) is 11.9 Å². The molecule has 1 aromatic carbocycles. The van der Waals surface area contributed by atoms with E-state index in [1.807, 2.05) is 30.3 Å². The van der Waals surface area contributed by atoms with Crippen LogP contribution in [0.15, 0.2) is 59.5 Å². The molecule has 124 valence electrons. The number of anilines is 2. The summed E-state index contributed by atoms with van der Waals surface area (Å²) in [7, 11) is 0. The van der Waals surface area contributed by atoms with Crippen molar-refractivity contribution >= 4 is 23.1 Å². The third-order valence-electron chi connectivity index (χ3n) is 3.25. The van der Waals surface area contributed by atoms with Crippen LogP contribution < -0.4 is 10.9 Å². The molecule has 0 radical (unpaired) electrons. The lowest BCUT2D eigenvalue weighted by Gasteiger charge is -2.11. The minimum Gasteiger partial charge on any atom is -0.462 e. The minimum atomic E-state index is -0.693. The molecule has 2 heterocycles. The van der Waals surface area contributed by atoms with Crippen molar-refractivity contribution in [2.24, 2.45) is 0 Å². The van der Waals surface area contributed by atoms with Gasteiger partial charge in [0.25, 0.3) is 5.56 Å². The summed E-state index contributed by atoms with van der Waals surface area (Å²) in [5, 5.41) is 3.02. The van der Waals surface area contributed by atoms with Gasteiger partial charge in [-0.05, 0) is 31.2 Å². The van der Waals surface area contributed by atoms with Crippen molar-refractivity contribution in [3.05, 3.63) is 70.6 Å². The van der Waals surface area contributed by atoms with Crippen LogP contribution in [0.5, 0.6) is 0 Å². The van der Waals surface area contributed by atoms with E-state index in [2.05, 4.69) is 10.3 Å². The fourth-order valence-electron chi connectivity index (χ4n) is 2.23. The summed E-state index contributed by atoms with van der Waals surface area (Å²) in [6.07, 6.45) is 1.57. The number of nitrogens with zero attached hydrogens (tertiary/aromatic N) is 2. The molecule has 0 unspecified atom stereocenters. The second-order valence-corrected chi connectivity index (χ2v) is 4.78. The van der Waals surface area contributed by atoms with Crippen LogP contribution in [0.3, 0.4) is 0 Å². The van der Waals surface area contributed by atoms with E-state index in [9.17, 15) is 9.59 Å². The van der Waals surface area contributed by atoms with E-state index < -0.39 is 11.5 Å². The monoisotopic (exact) mass is 325 g/mol. The van der Waals surface area contributed by atoms with Gasteiger partial charge in [-0.15, -0.1) is 0 Å². The fraction of sp³-hybridized carbons (Fsp3) is 0.167. The molecule has 0 saturated carbocycles. The van der Waals surface area contributed by atoms with E-state index >= 15 is 0 Å². The van der Waals surface area contributed by atoms with Crippen LogP contribution in [0, 0.1) is 0 Å². The first kappa shape index (κ1) is 17.2. The largest absolute Gasteiger partial charge is 0.462 e. The Labute approximate surface area is 139 Å². The molecule has 2 aromatic heterocycles.